The van der Waals surface area contributed by atoms with Gasteiger partial charge in [0, 0.05) is 34.1 Å². The number of carbonyl (C=O) groups excluding carboxylic acids is 1. The molecule has 0 radical (unpaired) electrons. The van der Waals surface area contributed by atoms with Gasteiger partial charge in [0.05, 0.1) is 11.1 Å². The molecular weight excluding hydrogens is 366 g/mol. The zero-order chi connectivity index (χ0) is 17.9. The summed E-state index contributed by atoms with van der Waals surface area (Å²) in [7, 11) is 0. The van der Waals surface area contributed by atoms with Crippen LogP contribution in [0.15, 0.2) is 67.0 Å². The van der Waals surface area contributed by atoms with Gasteiger partial charge in [-0.05, 0) is 29.8 Å². The highest BCUT2D eigenvalue weighted by atomic mass is 35.5. The van der Waals surface area contributed by atoms with Crippen molar-refractivity contribution in [1.29, 1.82) is 0 Å². The molecule has 0 spiro atoms. The minimum absolute atomic E-state index is 0.188. The zero-order valence-corrected chi connectivity index (χ0v) is 15.2. The first-order chi connectivity index (χ1) is 12.7. The van der Waals surface area contributed by atoms with E-state index in [1.165, 1.54) is 11.3 Å². The first kappa shape index (κ1) is 16.7. The Balaban J connectivity index is 1.52. The smallest absolute Gasteiger partial charge is 0.258 e. The van der Waals surface area contributed by atoms with Crippen LogP contribution in [0.3, 0.4) is 0 Å². The molecule has 0 atom stereocenters. The number of pyridine rings is 1. The van der Waals surface area contributed by atoms with E-state index in [9.17, 15) is 4.79 Å². The average molecular weight is 380 g/mol. The van der Waals surface area contributed by atoms with Gasteiger partial charge in [-0.15, -0.1) is 11.3 Å². The van der Waals surface area contributed by atoms with E-state index < -0.39 is 0 Å². The van der Waals surface area contributed by atoms with Crippen molar-refractivity contribution in [1.82, 2.24) is 9.97 Å². The predicted molar refractivity (Wildman–Crippen MR) is 106 cm³/mol. The molecule has 0 saturated heterocycles. The predicted octanol–water partition coefficient (Wildman–Crippen LogP) is 5.19. The van der Waals surface area contributed by atoms with Crippen LogP contribution in [0, 0.1) is 0 Å². The van der Waals surface area contributed by atoms with E-state index in [-0.39, 0.29) is 5.91 Å². The van der Waals surface area contributed by atoms with Gasteiger partial charge in [0.2, 0.25) is 0 Å². The van der Waals surface area contributed by atoms with Crippen LogP contribution in [-0.2, 0) is 6.42 Å². The number of nitrogens with zero attached hydrogens (tertiary/aromatic N) is 2. The number of aromatic nitrogens is 2. The largest absolute Gasteiger partial charge is 0.298 e. The van der Waals surface area contributed by atoms with Gasteiger partial charge in [0.1, 0.15) is 0 Å². The van der Waals surface area contributed by atoms with Crippen LogP contribution in [0.25, 0.3) is 10.9 Å². The lowest BCUT2D eigenvalue weighted by atomic mass is 10.1. The normalized spacial score (nSPS) is 10.8. The number of para-hydroxylation sites is 1. The van der Waals surface area contributed by atoms with Crippen molar-refractivity contribution in [3.05, 3.63) is 88.0 Å². The summed E-state index contributed by atoms with van der Waals surface area (Å²) < 4.78 is 0. The molecule has 2 aromatic carbocycles. The van der Waals surface area contributed by atoms with Gasteiger partial charge in [0.15, 0.2) is 5.13 Å². The molecule has 1 amide bonds. The molecule has 0 saturated carbocycles. The summed E-state index contributed by atoms with van der Waals surface area (Å²) in [6.07, 6.45) is 4.15. The monoisotopic (exact) mass is 379 g/mol. The third-order valence-electron chi connectivity index (χ3n) is 3.94. The maximum absolute atomic E-state index is 12.7. The van der Waals surface area contributed by atoms with Crippen molar-refractivity contribution < 1.29 is 4.79 Å². The number of halogens is 1. The van der Waals surface area contributed by atoms with Crippen LogP contribution < -0.4 is 5.32 Å². The molecule has 0 bridgehead atoms. The van der Waals surface area contributed by atoms with Crippen LogP contribution in [0.4, 0.5) is 5.13 Å². The Morgan fingerprint density at radius 1 is 1.08 bits per heavy atom. The highest BCUT2D eigenvalue weighted by Gasteiger charge is 2.13. The number of rotatable bonds is 4. The molecule has 6 heteroatoms. The molecule has 128 valence electrons. The molecule has 0 aliphatic carbocycles. The second kappa shape index (κ2) is 7.23. The molecule has 2 aromatic heterocycles. The summed E-state index contributed by atoms with van der Waals surface area (Å²) in [5, 5.41) is 4.99. The van der Waals surface area contributed by atoms with Crippen molar-refractivity contribution in [2.45, 2.75) is 6.42 Å². The second-order valence-corrected chi connectivity index (χ2v) is 7.32. The Morgan fingerprint density at radius 3 is 2.85 bits per heavy atom. The van der Waals surface area contributed by atoms with Crippen molar-refractivity contribution >= 4 is 44.9 Å². The summed E-state index contributed by atoms with van der Waals surface area (Å²) in [5.74, 6) is -0.188. The van der Waals surface area contributed by atoms with Gasteiger partial charge in [-0.1, -0.05) is 41.9 Å². The minimum atomic E-state index is -0.188. The lowest BCUT2D eigenvalue weighted by Gasteiger charge is -2.05. The molecule has 0 fully saturated rings. The number of hydrogen-bond donors (Lipinski definition) is 1. The van der Waals surface area contributed by atoms with E-state index in [1.54, 1.807) is 18.5 Å². The Hall–Kier alpha value is -2.76. The van der Waals surface area contributed by atoms with Crippen molar-refractivity contribution in [3.63, 3.8) is 0 Å². The summed E-state index contributed by atoms with van der Waals surface area (Å²) in [6, 6.07) is 17.0. The quantitative estimate of drug-likeness (QED) is 0.531. The number of nitrogens with one attached hydrogen (secondary N) is 1. The average Bonchev–Trinajstić information content (AvgIpc) is 3.08. The lowest BCUT2D eigenvalue weighted by molar-refractivity contribution is 0.102. The summed E-state index contributed by atoms with van der Waals surface area (Å²) in [5.41, 5.74) is 2.49. The molecular formula is C20H14ClN3OS. The van der Waals surface area contributed by atoms with Crippen molar-refractivity contribution in [3.8, 4) is 0 Å². The third kappa shape index (κ3) is 3.59. The topological polar surface area (TPSA) is 54.9 Å². The molecule has 4 nitrogen and oxygen atoms in total. The SMILES string of the molecule is O=C(Nc1ncc(Cc2cccc(Cl)c2)s1)c1ccnc2ccccc12. The van der Waals surface area contributed by atoms with Crippen LogP contribution in [0.5, 0.6) is 0 Å². The fraction of sp³-hybridized carbons (Fsp3) is 0.0500. The zero-order valence-electron chi connectivity index (χ0n) is 13.6. The van der Waals surface area contributed by atoms with Gasteiger partial charge in [0.25, 0.3) is 5.91 Å². The summed E-state index contributed by atoms with van der Waals surface area (Å²) in [4.78, 5) is 22.3. The van der Waals surface area contributed by atoms with E-state index in [1.807, 2.05) is 48.5 Å². The van der Waals surface area contributed by atoms with Crippen LogP contribution in [-0.4, -0.2) is 15.9 Å². The first-order valence-electron chi connectivity index (χ1n) is 8.03. The minimum Gasteiger partial charge on any atom is -0.298 e. The Labute approximate surface area is 159 Å². The number of hydrogen-bond acceptors (Lipinski definition) is 4. The molecule has 4 aromatic rings. The molecule has 0 aliphatic rings. The van der Waals surface area contributed by atoms with Crippen LogP contribution in [0.1, 0.15) is 20.8 Å². The van der Waals surface area contributed by atoms with Gasteiger partial charge >= 0.3 is 0 Å². The van der Waals surface area contributed by atoms with Gasteiger partial charge < -0.3 is 0 Å². The molecule has 4 rings (SSSR count). The van der Waals surface area contributed by atoms with E-state index >= 15 is 0 Å². The standard InChI is InChI=1S/C20H14ClN3OS/c21-14-5-3-4-13(10-14)11-15-12-23-20(26-15)24-19(25)17-8-9-22-18-7-2-1-6-16(17)18/h1-10,12H,11H2,(H,23,24,25). The van der Waals surface area contributed by atoms with E-state index in [4.69, 9.17) is 11.6 Å². The van der Waals surface area contributed by atoms with Gasteiger partial charge in [-0.2, -0.15) is 0 Å². The van der Waals surface area contributed by atoms with Gasteiger partial charge in [-0.3, -0.25) is 15.1 Å². The number of anilines is 1. The summed E-state index contributed by atoms with van der Waals surface area (Å²) >= 11 is 7.49. The number of fused-ring (bicyclic) bond motifs is 1. The number of carbonyl (C=O) groups is 1. The summed E-state index contributed by atoms with van der Waals surface area (Å²) in [6.45, 7) is 0. The van der Waals surface area contributed by atoms with E-state index in [0.29, 0.717) is 15.7 Å². The first-order valence-corrected chi connectivity index (χ1v) is 9.23. The number of thiazole rings is 1. The number of amides is 1. The lowest BCUT2D eigenvalue weighted by Crippen LogP contribution is -2.12. The highest BCUT2D eigenvalue weighted by Crippen LogP contribution is 2.24. The Morgan fingerprint density at radius 2 is 1.96 bits per heavy atom. The Kier molecular flexibility index (Phi) is 4.65. The maximum Gasteiger partial charge on any atom is 0.258 e. The fourth-order valence-corrected chi connectivity index (χ4v) is 3.81. The van der Waals surface area contributed by atoms with E-state index in [2.05, 4.69) is 15.3 Å². The Bertz CT molecular complexity index is 1090. The highest BCUT2D eigenvalue weighted by molar-refractivity contribution is 7.15. The number of benzene rings is 2. The van der Waals surface area contributed by atoms with Crippen molar-refractivity contribution in [2.75, 3.05) is 5.32 Å². The molecule has 0 unspecified atom stereocenters. The molecule has 26 heavy (non-hydrogen) atoms. The molecule has 2 heterocycles. The second-order valence-electron chi connectivity index (χ2n) is 5.77. The van der Waals surface area contributed by atoms with E-state index in [0.717, 1.165) is 27.8 Å². The third-order valence-corrected chi connectivity index (χ3v) is 5.08. The van der Waals surface area contributed by atoms with Crippen molar-refractivity contribution in [2.24, 2.45) is 0 Å². The fourth-order valence-electron chi connectivity index (χ4n) is 2.75. The maximum atomic E-state index is 12.7. The van der Waals surface area contributed by atoms with Crippen LogP contribution in [0.2, 0.25) is 5.02 Å². The van der Waals surface area contributed by atoms with Crippen LogP contribution >= 0.6 is 22.9 Å². The molecule has 1 N–H and O–H groups in total. The van der Waals surface area contributed by atoms with Gasteiger partial charge in [-0.25, -0.2) is 4.98 Å². The molecule has 0 aliphatic heterocycles.